The Morgan fingerprint density at radius 2 is 2.08 bits per heavy atom. The molecular weight excluding hydrogens is 164 g/mol. The summed E-state index contributed by atoms with van der Waals surface area (Å²) in [6, 6.07) is 3.31. The molecule has 0 saturated carbocycles. The highest BCUT2D eigenvalue weighted by molar-refractivity contribution is 5.37. The van der Waals surface area contributed by atoms with Crippen molar-refractivity contribution in [3.63, 3.8) is 0 Å². The molecule has 1 heterocycles. The average molecular weight is 180 g/mol. The van der Waals surface area contributed by atoms with Gasteiger partial charge in [-0.3, -0.25) is 4.79 Å². The second kappa shape index (κ2) is 3.64. The van der Waals surface area contributed by atoms with Crippen molar-refractivity contribution < 1.29 is 0 Å². The van der Waals surface area contributed by atoms with E-state index in [1.165, 1.54) is 6.07 Å². The SMILES string of the molecule is CC(C)Cc1cc(N)cc(=O)n1C. The van der Waals surface area contributed by atoms with E-state index >= 15 is 0 Å². The van der Waals surface area contributed by atoms with E-state index in [0.717, 1.165) is 12.1 Å². The molecule has 0 amide bonds. The molecule has 13 heavy (non-hydrogen) atoms. The van der Waals surface area contributed by atoms with Crippen LogP contribution in [0, 0.1) is 5.92 Å². The molecule has 3 heteroatoms. The molecule has 1 aromatic heterocycles. The minimum atomic E-state index is -0.0318. The van der Waals surface area contributed by atoms with Crippen molar-refractivity contribution in [3.8, 4) is 0 Å². The number of rotatable bonds is 2. The Balaban J connectivity index is 3.13. The Kier molecular flexibility index (Phi) is 2.76. The number of nitrogens with two attached hydrogens (primary N) is 1. The third-order valence-electron chi connectivity index (χ3n) is 2.00. The third kappa shape index (κ3) is 2.34. The summed E-state index contributed by atoms with van der Waals surface area (Å²) in [4.78, 5) is 11.3. The van der Waals surface area contributed by atoms with Gasteiger partial charge in [0.2, 0.25) is 0 Å². The molecule has 0 aromatic carbocycles. The van der Waals surface area contributed by atoms with Gasteiger partial charge in [0.15, 0.2) is 0 Å². The maximum absolute atomic E-state index is 11.3. The molecule has 0 aliphatic rings. The lowest BCUT2D eigenvalue weighted by Crippen LogP contribution is -2.21. The van der Waals surface area contributed by atoms with Gasteiger partial charge in [-0.2, -0.15) is 0 Å². The van der Waals surface area contributed by atoms with E-state index in [1.54, 1.807) is 11.6 Å². The van der Waals surface area contributed by atoms with Crippen molar-refractivity contribution in [1.29, 1.82) is 0 Å². The van der Waals surface area contributed by atoms with Crippen LogP contribution in [0.15, 0.2) is 16.9 Å². The second-order valence-corrected chi connectivity index (χ2v) is 3.78. The van der Waals surface area contributed by atoms with Gasteiger partial charge in [0.1, 0.15) is 0 Å². The van der Waals surface area contributed by atoms with Crippen molar-refractivity contribution in [3.05, 3.63) is 28.2 Å². The number of pyridine rings is 1. The van der Waals surface area contributed by atoms with Gasteiger partial charge >= 0.3 is 0 Å². The van der Waals surface area contributed by atoms with Crippen molar-refractivity contribution in [2.75, 3.05) is 5.73 Å². The van der Waals surface area contributed by atoms with E-state index in [0.29, 0.717) is 11.6 Å². The highest BCUT2D eigenvalue weighted by atomic mass is 16.1. The number of hydrogen-bond acceptors (Lipinski definition) is 2. The molecule has 2 N–H and O–H groups in total. The number of aromatic nitrogens is 1. The minimum Gasteiger partial charge on any atom is -0.399 e. The molecule has 1 rings (SSSR count). The number of anilines is 1. The van der Waals surface area contributed by atoms with Gasteiger partial charge in [0.05, 0.1) is 0 Å². The first kappa shape index (κ1) is 9.84. The lowest BCUT2D eigenvalue weighted by Gasteiger charge is -2.10. The average Bonchev–Trinajstić information content (AvgIpc) is 1.98. The molecular formula is C10H16N2O. The monoisotopic (exact) mass is 180 g/mol. The Bertz CT molecular complexity index is 352. The quantitative estimate of drug-likeness (QED) is 0.742. The van der Waals surface area contributed by atoms with E-state index in [2.05, 4.69) is 13.8 Å². The molecule has 3 nitrogen and oxygen atoms in total. The van der Waals surface area contributed by atoms with Crippen LogP contribution in [0.1, 0.15) is 19.5 Å². The summed E-state index contributed by atoms with van der Waals surface area (Å²) in [5, 5.41) is 0. The van der Waals surface area contributed by atoms with Crippen molar-refractivity contribution in [2.24, 2.45) is 13.0 Å². The highest BCUT2D eigenvalue weighted by Gasteiger charge is 2.03. The fourth-order valence-electron chi connectivity index (χ4n) is 1.33. The van der Waals surface area contributed by atoms with Crippen molar-refractivity contribution in [2.45, 2.75) is 20.3 Å². The largest absolute Gasteiger partial charge is 0.399 e. The summed E-state index contributed by atoms with van der Waals surface area (Å²) < 4.78 is 1.65. The Labute approximate surface area is 78.2 Å². The standard InChI is InChI=1S/C10H16N2O/c1-7(2)4-9-5-8(11)6-10(13)12(9)3/h5-7H,4,11H2,1-3H3. The summed E-state index contributed by atoms with van der Waals surface area (Å²) in [6.45, 7) is 4.24. The molecule has 0 atom stereocenters. The molecule has 0 fully saturated rings. The van der Waals surface area contributed by atoms with Crippen LogP contribution in [0.4, 0.5) is 5.69 Å². The first-order chi connectivity index (χ1) is 6.00. The zero-order valence-electron chi connectivity index (χ0n) is 8.37. The van der Waals surface area contributed by atoms with Crippen LogP contribution in [-0.2, 0) is 13.5 Å². The van der Waals surface area contributed by atoms with E-state index < -0.39 is 0 Å². The first-order valence-electron chi connectivity index (χ1n) is 4.46. The summed E-state index contributed by atoms with van der Waals surface area (Å²) in [7, 11) is 1.78. The van der Waals surface area contributed by atoms with Gasteiger partial charge in [-0.15, -0.1) is 0 Å². The van der Waals surface area contributed by atoms with Crippen LogP contribution in [0.3, 0.4) is 0 Å². The molecule has 0 aliphatic carbocycles. The minimum absolute atomic E-state index is 0.0318. The summed E-state index contributed by atoms with van der Waals surface area (Å²) in [5.74, 6) is 0.535. The summed E-state index contributed by atoms with van der Waals surface area (Å²) in [5.41, 5.74) is 7.11. The second-order valence-electron chi connectivity index (χ2n) is 3.78. The van der Waals surface area contributed by atoms with E-state index in [9.17, 15) is 4.79 Å². The maximum Gasteiger partial charge on any atom is 0.252 e. The molecule has 72 valence electrons. The third-order valence-corrected chi connectivity index (χ3v) is 2.00. The van der Waals surface area contributed by atoms with Crippen LogP contribution in [0.5, 0.6) is 0 Å². The van der Waals surface area contributed by atoms with Gasteiger partial charge in [-0.25, -0.2) is 0 Å². The fourth-order valence-corrected chi connectivity index (χ4v) is 1.33. The molecule has 0 unspecified atom stereocenters. The molecule has 0 aliphatic heterocycles. The van der Waals surface area contributed by atoms with Crippen LogP contribution < -0.4 is 11.3 Å². The zero-order chi connectivity index (χ0) is 10.0. The van der Waals surface area contributed by atoms with Gasteiger partial charge < -0.3 is 10.3 Å². The lowest BCUT2D eigenvalue weighted by atomic mass is 10.1. The van der Waals surface area contributed by atoms with Crippen LogP contribution in [0.2, 0.25) is 0 Å². The highest BCUT2D eigenvalue weighted by Crippen LogP contribution is 2.08. The van der Waals surface area contributed by atoms with Crippen molar-refractivity contribution in [1.82, 2.24) is 4.57 Å². The number of nitrogen functional groups attached to an aromatic ring is 1. The maximum atomic E-state index is 11.3. The normalized spacial score (nSPS) is 10.8. The molecule has 1 aromatic rings. The molecule has 0 radical (unpaired) electrons. The fraction of sp³-hybridized carbons (Fsp3) is 0.500. The van der Waals surface area contributed by atoms with E-state index in [4.69, 9.17) is 5.73 Å². The Morgan fingerprint density at radius 1 is 1.46 bits per heavy atom. The smallest absolute Gasteiger partial charge is 0.252 e. The van der Waals surface area contributed by atoms with Gasteiger partial charge in [-0.1, -0.05) is 13.8 Å². The van der Waals surface area contributed by atoms with Crippen LogP contribution >= 0.6 is 0 Å². The number of nitrogens with zero attached hydrogens (tertiary/aromatic N) is 1. The van der Waals surface area contributed by atoms with Gasteiger partial charge in [0, 0.05) is 24.5 Å². The molecule has 0 saturated heterocycles. The molecule has 0 bridgehead atoms. The lowest BCUT2D eigenvalue weighted by molar-refractivity contribution is 0.606. The molecule has 0 spiro atoms. The van der Waals surface area contributed by atoms with Crippen LogP contribution in [-0.4, -0.2) is 4.57 Å². The zero-order valence-corrected chi connectivity index (χ0v) is 8.37. The van der Waals surface area contributed by atoms with Crippen molar-refractivity contribution >= 4 is 5.69 Å². The Hall–Kier alpha value is -1.25. The number of hydrogen-bond donors (Lipinski definition) is 1. The summed E-state index contributed by atoms with van der Waals surface area (Å²) >= 11 is 0. The van der Waals surface area contributed by atoms with Gasteiger partial charge in [0.25, 0.3) is 5.56 Å². The van der Waals surface area contributed by atoms with Crippen LogP contribution in [0.25, 0.3) is 0 Å². The predicted molar refractivity (Wildman–Crippen MR) is 54.6 cm³/mol. The predicted octanol–water partition coefficient (Wildman–Crippen LogP) is 1.17. The Morgan fingerprint density at radius 3 is 2.62 bits per heavy atom. The first-order valence-corrected chi connectivity index (χ1v) is 4.46. The topological polar surface area (TPSA) is 48.0 Å². The van der Waals surface area contributed by atoms with E-state index in [-0.39, 0.29) is 5.56 Å². The van der Waals surface area contributed by atoms with Gasteiger partial charge in [-0.05, 0) is 18.4 Å². The summed E-state index contributed by atoms with van der Waals surface area (Å²) in [6.07, 6.45) is 0.886. The van der Waals surface area contributed by atoms with E-state index in [1.807, 2.05) is 6.07 Å².